The van der Waals surface area contributed by atoms with Gasteiger partial charge in [-0.2, -0.15) is 0 Å². The van der Waals surface area contributed by atoms with Crippen LogP contribution in [0.15, 0.2) is 24.5 Å². The van der Waals surface area contributed by atoms with E-state index in [2.05, 4.69) is 16.8 Å². The Morgan fingerprint density at radius 3 is 2.50 bits per heavy atom. The van der Waals surface area contributed by atoms with Crippen LogP contribution < -0.4 is 4.90 Å². The van der Waals surface area contributed by atoms with Gasteiger partial charge in [0.05, 0.1) is 0 Å². The molecule has 1 fully saturated rings. The average Bonchev–Trinajstić information content (AvgIpc) is 2.46. The molecular weight excluding hydrogens is 226 g/mol. The fourth-order valence-electron chi connectivity index (χ4n) is 2.26. The quantitative estimate of drug-likeness (QED) is 0.815. The van der Waals surface area contributed by atoms with Gasteiger partial charge in [0.2, 0.25) is 5.91 Å². The number of carbonyl (C=O) groups excluding carboxylic acids is 1. The number of aromatic nitrogens is 1. The number of hydrogen-bond donors (Lipinski definition) is 0. The molecule has 98 valence electrons. The molecule has 1 aliphatic heterocycles. The second-order valence-corrected chi connectivity index (χ2v) is 4.68. The molecule has 0 spiro atoms. The van der Waals surface area contributed by atoms with Crippen LogP contribution in [0.3, 0.4) is 0 Å². The molecule has 1 aromatic heterocycles. The van der Waals surface area contributed by atoms with Crippen molar-refractivity contribution in [3.05, 3.63) is 24.5 Å². The molecule has 0 atom stereocenters. The third-order valence-corrected chi connectivity index (χ3v) is 3.40. The van der Waals surface area contributed by atoms with Crippen LogP contribution in [0, 0.1) is 0 Å². The Balaban J connectivity index is 1.83. The fourth-order valence-corrected chi connectivity index (χ4v) is 2.26. The normalized spacial score (nSPS) is 15.8. The van der Waals surface area contributed by atoms with Gasteiger partial charge in [0, 0.05) is 50.7 Å². The Morgan fingerprint density at radius 2 is 1.89 bits per heavy atom. The minimum atomic E-state index is 0.311. The Bertz CT molecular complexity index is 372. The summed E-state index contributed by atoms with van der Waals surface area (Å²) in [5.41, 5.74) is 1.20. The van der Waals surface area contributed by atoms with Crippen LogP contribution in [0.1, 0.15) is 26.2 Å². The molecule has 0 radical (unpaired) electrons. The van der Waals surface area contributed by atoms with Crippen LogP contribution >= 0.6 is 0 Å². The largest absolute Gasteiger partial charge is 0.368 e. The van der Waals surface area contributed by atoms with Gasteiger partial charge in [-0.3, -0.25) is 9.78 Å². The molecule has 0 unspecified atom stereocenters. The van der Waals surface area contributed by atoms with Crippen molar-refractivity contribution < 1.29 is 4.79 Å². The van der Waals surface area contributed by atoms with E-state index in [9.17, 15) is 4.79 Å². The summed E-state index contributed by atoms with van der Waals surface area (Å²) in [5.74, 6) is 0.311. The Hall–Kier alpha value is -1.58. The third-order valence-electron chi connectivity index (χ3n) is 3.40. The van der Waals surface area contributed by atoms with E-state index in [0.717, 1.165) is 39.0 Å². The van der Waals surface area contributed by atoms with Crippen molar-refractivity contribution in [3.63, 3.8) is 0 Å². The minimum absolute atomic E-state index is 0.311. The smallest absolute Gasteiger partial charge is 0.222 e. The van der Waals surface area contributed by atoms with Gasteiger partial charge in [-0.15, -0.1) is 0 Å². The van der Waals surface area contributed by atoms with Crippen molar-refractivity contribution in [1.82, 2.24) is 9.88 Å². The maximum atomic E-state index is 11.9. The second kappa shape index (κ2) is 6.38. The summed E-state index contributed by atoms with van der Waals surface area (Å²) in [6, 6.07) is 4.04. The summed E-state index contributed by atoms with van der Waals surface area (Å²) < 4.78 is 0. The molecule has 1 amide bonds. The van der Waals surface area contributed by atoms with Crippen molar-refractivity contribution >= 4 is 11.6 Å². The highest BCUT2D eigenvalue weighted by molar-refractivity contribution is 5.76. The lowest BCUT2D eigenvalue weighted by molar-refractivity contribution is -0.131. The minimum Gasteiger partial charge on any atom is -0.368 e. The zero-order valence-corrected chi connectivity index (χ0v) is 11.0. The fraction of sp³-hybridized carbons (Fsp3) is 0.571. The number of carbonyl (C=O) groups is 1. The summed E-state index contributed by atoms with van der Waals surface area (Å²) >= 11 is 0. The van der Waals surface area contributed by atoms with Gasteiger partial charge < -0.3 is 9.80 Å². The lowest BCUT2D eigenvalue weighted by Gasteiger charge is -2.36. The van der Waals surface area contributed by atoms with Crippen LogP contribution in [-0.2, 0) is 4.79 Å². The molecule has 1 aliphatic rings. The molecular formula is C14H21N3O. The van der Waals surface area contributed by atoms with Gasteiger partial charge in [-0.25, -0.2) is 0 Å². The molecule has 2 heterocycles. The van der Waals surface area contributed by atoms with E-state index in [1.807, 2.05) is 29.4 Å². The van der Waals surface area contributed by atoms with Gasteiger partial charge in [0.1, 0.15) is 0 Å². The van der Waals surface area contributed by atoms with Crippen LogP contribution in [0.25, 0.3) is 0 Å². The first kappa shape index (κ1) is 12.9. The van der Waals surface area contributed by atoms with Gasteiger partial charge in [-0.05, 0) is 18.6 Å². The molecule has 0 bridgehead atoms. The lowest BCUT2D eigenvalue weighted by Crippen LogP contribution is -2.48. The highest BCUT2D eigenvalue weighted by Gasteiger charge is 2.20. The molecule has 4 nitrogen and oxygen atoms in total. The molecule has 18 heavy (non-hydrogen) atoms. The summed E-state index contributed by atoms with van der Waals surface area (Å²) in [6.07, 6.45) is 6.42. The van der Waals surface area contributed by atoms with Crippen molar-refractivity contribution in [2.75, 3.05) is 31.1 Å². The zero-order valence-electron chi connectivity index (χ0n) is 11.0. The highest BCUT2D eigenvalue weighted by atomic mass is 16.2. The van der Waals surface area contributed by atoms with E-state index in [1.165, 1.54) is 5.69 Å². The molecule has 1 aromatic rings. The van der Waals surface area contributed by atoms with Gasteiger partial charge in [0.25, 0.3) is 0 Å². The van der Waals surface area contributed by atoms with E-state index in [-0.39, 0.29) is 0 Å². The molecule has 0 aliphatic carbocycles. The highest BCUT2D eigenvalue weighted by Crippen LogP contribution is 2.15. The molecule has 2 rings (SSSR count). The summed E-state index contributed by atoms with van der Waals surface area (Å²) in [6.45, 7) is 5.63. The van der Waals surface area contributed by atoms with Gasteiger partial charge in [0.15, 0.2) is 0 Å². The lowest BCUT2D eigenvalue weighted by atomic mass is 10.2. The first-order valence-electron chi connectivity index (χ1n) is 6.74. The van der Waals surface area contributed by atoms with Crippen molar-refractivity contribution in [3.8, 4) is 0 Å². The topological polar surface area (TPSA) is 36.4 Å². The van der Waals surface area contributed by atoms with Crippen molar-refractivity contribution in [2.24, 2.45) is 0 Å². The van der Waals surface area contributed by atoms with E-state index < -0.39 is 0 Å². The van der Waals surface area contributed by atoms with Gasteiger partial charge >= 0.3 is 0 Å². The second-order valence-electron chi connectivity index (χ2n) is 4.68. The first-order valence-corrected chi connectivity index (χ1v) is 6.74. The van der Waals surface area contributed by atoms with E-state index >= 15 is 0 Å². The van der Waals surface area contributed by atoms with Crippen LogP contribution in [0.5, 0.6) is 0 Å². The number of amides is 1. The standard InChI is InChI=1S/C14H21N3O/c1-2-3-4-14(18)17-11-9-16(10-12-17)13-5-7-15-8-6-13/h5-8H,2-4,9-12H2,1H3. The predicted octanol–water partition coefficient (Wildman–Crippen LogP) is 1.92. The van der Waals surface area contributed by atoms with Crippen molar-refractivity contribution in [2.45, 2.75) is 26.2 Å². The number of piperazine rings is 1. The van der Waals surface area contributed by atoms with Crippen LogP contribution in [-0.4, -0.2) is 42.0 Å². The van der Waals surface area contributed by atoms with Crippen molar-refractivity contribution in [1.29, 1.82) is 0 Å². The first-order chi connectivity index (χ1) is 8.81. The molecule has 0 saturated carbocycles. The average molecular weight is 247 g/mol. The monoisotopic (exact) mass is 247 g/mol. The SMILES string of the molecule is CCCCC(=O)N1CCN(c2ccncc2)CC1. The molecule has 1 saturated heterocycles. The molecule has 0 N–H and O–H groups in total. The van der Waals surface area contributed by atoms with Gasteiger partial charge in [-0.1, -0.05) is 13.3 Å². The predicted molar refractivity (Wildman–Crippen MR) is 72.6 cm³/mol. The maximum absolute atomic E-state index is 11.9. The number of pyridine rings is 1. The summed E-state index contributed by atoms with van der Waals surface area (Å²) in [7, 11) is 0. The van der Waals surface area contributed by atoms with E-state index in [0.29, 0.717) is 12.3 Å². The number of unbranched alkanes of at least 4 members (excludes halogenated alkanes) is 1. The Kier molecular flexibility index (Phi) is 4.56. The Labute approximate surface area is 109 Å². The van der Waals surface area contributed by atoms with E-state index in [4.69, 9.17) is 0 Å². The van der Waals surface area contributed by atoms with Crippen LogP contribution in [0.4, 0.5) is 5.69 Å². The number of nitrogens with zero attached hydrogens (tertiary/aromatic N) is 3. The number of rotatable bonds is 4. The van der Waals surface area contributed by atoms with Crippen LogP contribution in [0.2, 0.25) is 0 Å². The molecule has 0 aromatic carbocycles. The third kappa shape index (κ3) is 3.22. The van der Waals surface area contributed by atoms with E-state index in [1.54, 1.807) is 0 Å². The summed E-state index contributed by atoms with van der Waals surface area (Å²) in [4.78, 5) is 20.2. The molecule has 4 heteroatoms. The Morgan fingerprint density at radius 1 is 1.22 bits per heavy atom. The number of hydrogen-bond acceptors (Lipinski definition) is 3. The maximum Gasteiger partial charge on any atom is 0.222 e. The zero-order chi connectivity index (χ0) is 12.8. The number of anilines is 1. The summed E-state index contributed by atoms with van der Waals surface area (Å²) in [5, 5.41) is 0.